The van der Waals surface area contributed by atoms with E-state index in [4.69, 9.17) is 10.7 Å². The molecule has 0 aliphatic heterocycles. The van der Waals surface area contributed by atoms with Crippen LogP contribution in [0.25, 0.3) is 22.6 Å². The number of aromatic nitrogens is 7. The molecule has 0 radical (unpaired) electrons. The monoisotopic (exact) mass is 517 g/mol. The van der Waals surface area contributed by atoms with Gasteiger partial charge in [-0.25, -0.2) is 29.9 Å². The zero-order valence-corrected chi connectivity index (χ0v) is 22.3. The number of nitrogen functional groups attached to an aromatic ring is 1. The van der Waals surface area contributed by atoms with E-state index in [9.17, 15) is 4.79 Å². The molecule has 4 aromatic rings. The van der Waals surface area contributed by atoms with Crippen LogP contribution in [0, 0.1) is 6.92 Å². The van der Waals surface area contributed by atoms with Crippen molar-refractivity contribution in [3.63, 3.8) is 0 Å². The Morgan fingerprint density at radius 2 is 1.95 bits per heavy atom. The highest BCUT2D eigenvalue weighted by Gasteiger charge is 2.31. The topological polar surface area (TPSA) is 137 Å². The van der Waals surface area contributed by atoms with Gasteiger partial charge in [0, 0.05) is 24.7 Å². The third-order valence-corrected chi connectivity index (χ3v) is 7.36. The number of nitrogens with zero attached hydrogens (tertiary/aromatic N) is 7. The van der Waals surface area contributed by atoms with Gasteiger partial charge in [-0.15, -0.1) is 11.8 Å². The minimum atomic E-state index is -0.217. The summed E-state index contributed by atoms with van der Waals surface area (Å²) in [6.07, 6.45) is 6.37. The van der Waals surface area contributed by atoms with Crippen molar-refractivity contribution < 1.29 is 0 Å². The number of pyridine rings is 1. The van der Waals surface area contributed by atoms with E-state index in [2.05, 4.69) is 37.2 Å². The van der Waals surface area contributed by atoms with Crippen molar-refractivity contribution in [3.05, 3.63) is 51.8 Å². The van der Waals surface area contributed by atoms with Crippen LogP contribution in [-0.4, -0.2) is 40.2 Å². The molecule has 5 rings (SSSR count). The van der Waals surface area contributed by atoms with Crippen molar-refractivity contribution in [2.75, 3.05) is 16.8 Å². The van der Waals surface area contributed by atoms with Gasteiger partial charge in [-0.3, -0.25) is 9.36 Å². The summed E-state index contributed by atoms with van der Waals surface area (Å²) >= 11 is 1.69. The fourth-order valence-electron chi connectivity index (χ4n) is 4.31. The number of thioether (sulfide) groups is 1. The summed E-state index contributed by atoms with van der Waals surface area (Å²) < 4.78 is 1.71. The molecule has 0 unspecified atom stereocenters. The quantitative estimate of drug-likeness (QED) is 0.305. The fraction of sp³-hybridized carbons (Fsp3) is 0.423. The van der Waals surface area contributed by atoms with Crippen LogP contribution in [0.3, 0.4) is 0 Å². The van der Waals surface area contributed by atoms with Gasteiger partial charge in [-0.05, 0) is 50.5 Å². The Bertz CT molecular complexity index is 1500. The third kappa shape index (κ3) is 5.13. The number of hydrogen-bond donors (Lipinski definition) is 2. The maximum atomic E-state index is 13.6. The molecule has 0 aromatic carbocycles. The molecule has 37 heavy (non-hydrogen) atoms. The molecule has 1 aliphatic rings. The summed E-state index contributed by atoms with van der Waals surface area (Å²) in [5, 5.41) is 4.19. The molecule has 10 nitrogen and oxygen atoms in total. The summed E-state index contributed by atoms with van der Waals surface area (Å²) in [5.41, 5.74) is 10.1. The molecular formula is C26H31N9OS. The minimum Gasteiger partial charge on any atom is -0.368 e. The van der Waals surface area contributed by atoms with E-state index in [0.717, 1.165) is 52.6 Å². The van der Waals surface area contributed by atoms with Crippen molar-refractivity contribution in [3.8, 4) is 11.4 Å². The lowest BCUT2D eigenvalue weighted by Crippen LogP contribution is -2.28. The largest absolute Gasteiger partial charge is 0.368 e. The van der Waals surface area contributed by atoms with Gasteiger partial charge in [0.05, 0.1) is 28.2 Å². The van der Waals surface area contributed by atoms with Crippen molar-refractivity contribution in [2.45, 2.75) is 70.5 Å². The van der Waals surface area contributed by atoms with Crippen LogP contribution >= 0.6 is 11.8 Å². The Morgan fingerprint density at radius 3 is 2.62 bits per heavy atom. The summed E-state index contributed by atoms with van der Waals surface area (Å²) in [6.45, 7) is 8.47. The molecule has 192 valence electrons. The van der Waals surface area contributed by atoms with Gasteiger partial charge in [0.2, 0.25) is 5.95 Å². The first-order valence-electron chi connectivity index (χ1n) is 12.6. The lowest BCUT2D eigenvalue weighted by atomic mass is 10.1. The van der Waals surface area contributed by atoms with E-state index >= 15 is 0 Å². The maximum Gasteiger partial charge on any atom is 0.295 e. The number of rotatable bonds is 9. The lowest BCUT2D eigenvalue weighted by Gasteiger charge is -2.18. The predicted molar refractivity (Wildman–Crippen MR) is 147 cm³/mol. The first-order chi connectivity index (χ1) is 17.9. The van der Waals surface area contributed by atoms with Gasteiger partial charge < -0.3 is 11.1 Å². The van der Waals surface area contributed by atoms with Crippen molar-refractivity contribution >= 4 is 34.7 Å². The van der Waals surface area contributed by atoms with Gasteiger partial charge in [0.25, 0.3) is 5.56 Å². The average Bonchev–Trinajstić information content (AvgIpc) is 3.73. The van der Waals surface area contributed by atoms with Gasteiger partial charge in [-0.2, -0.15) is 0 Å². The number of fused-ring (bicyclic) bond motifs is 1. The molecular weight excluding hydrogens is 486 g/mol. The van der Waals surface area contributed by atoms with Crippen molar-refractivity contribution in [1.82, 2.24) is 34.5 Å². The summed E-state index contributed by atoms with van der Waals surface area (Å²) in [7, 11) is 0. The standard InChI is InChI=1S/C26H31N9OS/c1-5-14(3)35-24-18(32-23(25(35)36)29-12-16-7-10-19(28-11-16)37-6-2)13-30-22(34-24)20-15(4)31-26(27)33-21(20)17-8-9-17/h7,10-11,13-14,17H,5-6,8-9,12H2,1-4H3,(H,29,32)(H2,27,31,33)/t14-/m1/s1. The Morgan fingerprint density at radius 1 is 1.14 bits per heavy atom. The molecule has 1 aliphatic carbocycles. The van der Waals surface area contributed by atoms with Gasteiger partial charge in [0.1, 0.15) is 5.52 Å². The lowest BCUT2D eigenvalue weighted by molar-refractivity contribution is 0.526. The molecule has 0 saturated heterocycles. The molecule has 1 atom stereocenters. The number of hydrogen-bond acceptors (Lipinski definition) is 10. The van der Waals surface area contributed by atoms with Gasteiger partial charge in [-0.1, -0.05) is 19.9 Å². The Kier molecular flexibility index (Phi) is 7.05. The Labute approximate surface area is 219 Å². The maximum absolute atomic E-state index is 13.6. The van der Waals surface area contributed by atoms with Crippen LogP contribution in [0.1, 0.15) is 68.9 Å². The average molecular weight is 518 g/mol. The molecule has 0 spiro atoms. The second kappa shape index (κ2) is 10.4. The van der Waals surface area contributed by atoms with Crippen molar-refractivity contribution in [1.29, 1.82) is 0 Å². The summed E-state index contributed by atoms with van der Waals surface area (Å²) in [5.74, 6) is 2.32. The van der Waals surface area contributed by atoms with Crippen LogP contribution < -0.4 is 16.6 Å². The normalized spacial score (nSPS) is 14.2. The second-order valence-electron chi connectivity index (χ2n) is 9.29. The van der Waals surface area contributed by atoms with Crippen LogP contribution in [0.2, 0.25) is 0 Å². The highest BCUT2D eigenvalue weighted by Crippen LogP contribution is 2.43. The highest BCUT2D eigenvalue weighted by atomic mass is 32.2. The molecule has 1 saturated carbocycles. The fourth-order valence-corrected chi connectivity index (χ4v) is 4.90. The van der Waals surface area contributed by atoms with E-state index in [1.54, 1.807) is 22.5 Å². The zero-order chi connectivity index (χ0) is 26.1. The molecule has 4 aromatic heterocycles. The van der Waals surface area contributed by atoms with Crippen LogP contribution in [0.5, 0.6) is 0 Å². The second-order valence-corrected chi connectivity index (χ2v) is 10.6. The number of anilines is 2. The highest BCUT2D eigenvalue weighted by molar-refractivity contribution is 7.99. The zero-order valence-electron chi connectivity index (χ0n) is 21.5. The third-order valence-electron chi connectivity index (χ3n) is 6.54. The smallest absolute Gasteiger partial charge is 0.295 e. The number of aryl methyl sites for hydroxylation is 1. The van der Waals surface area contributed by atoms with Crippen LogP contribution in [0.4, 0.5) is 11.8 Å². The van der Waals surface area contributed by atoms with Crippen LogP contribution in [-0.2, 0) is 6.54 Å². The first-order valence-corrected chi connectivity index (χ1v) is 13.6. The minimum absolute atomic E-state index is 0.0833. The predicted octanol–water partition coefficient (Wildman–Crippen LogP) is 4.50. The summed E-state index contributed by atoms with van der Waals surface area (Å²) in [4.78, 5) is 41.0. The summed E-state index contributed by atoms with van der Waals surface area (Å²) in [6, 6.07) is 3.92. The SMILES string of the molecule is CCSc1ccc(CNc2nc3cnc(-c4c(C)nc(N)nc4C4CC4)nc3n([C@H](C)CC)c2=O)cn1. The van der Waals surface area contributed by atoms with E-state index in [0.29, 0.717) is 29.5 Å². The first kappa shape index (κ1) is 25.1. The number of nitrogens with two attached hydrogens (primary N) is 1. The Balaban J connectivity index is 1.55. The van der Waals surface area contributed by atoms with E-state index < -0.39 is 0 Å². The molecule has 4 heterocycles. The van der Waals surface area contributed by atoms with Gasteiger partial charge in [0.15, 0.2) is 17.3 Å². The van der Waals surface area contributed by atoms with E-state index in [-0.39, 0.29) is 23.4 Å². The molecule has 11 heteroatoms. The Hall–Kier alpha value is -3.60. The molecule has 1 fully saturated rings. The molecule has 0 bridgehead atoms. The van der Waals surface area contributed by atoms with Crippen LogP contribution in [0.15, 0.2) is 34.3 Å². The van der Waals surface area contributed by atoms with Crippen molar-refractivity contribution in [2.24, 2.45) is 0 Å². The number of nitrogens with one attached hydrogen (secondary N) is 1. The van der Waals surface area contributed by atoms with Gasteiger partial charge >= 0.3 is 0 Å². The molecule has 3 N–H and O–H groups in total. The van der Waals surface area contributed by atoms with E-state index in [1.807, 2.05) is 39.1 Å². The molecule has 0 amide bonds. The van der Waals surface area contributed by atoms with E-state index in [1.165, 1.54) is 0 Å².